The van der Waals surface area contributed by atoms with E-state index in [4.69, 9.17) is 5.11 Å². The number of aliphatic hydroxyl groups excluding tert-OH is 3. The highest BCUT2D eigenvalue weighted by Crippen LogP contribution is 2.47. The van der Waals surface area contributed by atoms with Crippen molar-refractivity contribution < 1.29 is 30.3 Å². The van der Waals surface area contributed by atoms with Crippen molar-refractivity contribution in [2.75, 3.05) is 38.2 Å². The van der Waals surface area contributed by atoms with Crippen LogP contribution in [0.1, 0.15) is 15.9 Å². The number of nitrogens with zero attached hydrogens (tertiary/aromatic N) is 2. The van der Waals surface area contributed by atoms with Gasteiger partial charge in [-0.25, -0.2) is 0 Å². The number of ketones is 1. The Hall–Kier alpha value is -3.18. The molecule has 0 radical (unpaired) electrons. The van der Waals surface area contributed by atoms with E-state index in [0.29, 0.717) is 47.5 Å². The molecule has 0 fully saturated rings. The highest BCUT2D eigenvalue weighted by molar-refractivity contribution is 6.29. The maximum atomic E-state index is 13.4. The van der Waals surface area contributed by atoms with E-state index in [-0.39, 0.29) is 35.8 Å². The van der Waals surface area contributed by atoms with Crippen LogP contribution in [-0.4, -0.2) is 80.0 Å². The van der Waals surface area contributed by atoms with E-state index in [1.165, 1.54) is 16.8 Å². The Kier molecular flexibility index (Phi) is 5.79. The summed E-state index contributed by atoms with van der Waals surface area (Å²) in [6.45, 7) is 1.06. The van der Waals surface area contributed by atoms with Crippen LogP contribution in [0.4, 0.5) is 5.69 Å². The first kappa shape index (κ1) is 21.1. The van der Waals surface area contributed by atoms with Gasteiger partial charge in [0.2, 0.25) is 0 Å². The smallest absolute Gasteiger partial charge is 0.200 e. The molecular formula is C21H24N4O6. The second kappa shape index (κ2) is 8.52. The maximum absolute atomic E-state index is 13.4. The molecule has 7 N–H and O–H groups in total. The van der Waals surface area contributed by atoms with Crippen molar-refractivity contribution >= 4 is 22.4 Å². The number of benzene rings is 2. The van der Waals surface area contributed by atoms with Gasteiger partial charge in [0.15, 0.2) is 5.78 Å². The fourth-order valence-corrected chi connectivity index (χ4v) is 3.89. The van der Waals surface area contributed by atoms with Crippen molar-refractivity contribution in [3.8, 4) is 22.8 Å². The number of fused-ring (bicyclic) bond motifs is 2. The predicted molar refractivity (Wildman–Crippen MR) is 113 cm³/mol. The molecule has 0 amide bonds. The molecule has 164 valence electrons. The van der Waals surface area contributed by atoms with Crippen molar-refractivity contribution in [2.24, 2.45) is 0 Å². The Bertz CT molecular complexity index is 1140. The molecule has 10 nitrogen and oxygen atoms in total. The Labute approximate surface area is 177 Å². The minimum Gasteiger partial charge on any atom is -0.507 e. The summed E-state index contributed by atoms with van der Waals surface area (Å²) < 4.78 is 1.48. The van der Waals surface area contributed by atoms with Gasteiger partial charge >= 0.3 is 0 Å². The number of phenols is 2. The summed E-state index contributed by atoms with van der Waals surface area (Å²) >= 11 is 0. The van der Waals surface area contributed by atoms with Gasteiger partial charge in [-0.15, -0.1) is 0 Å². The zero-order valence-corrected chi connectivity index (χ0v) is 16.7. The Morgan fingerprint density at radius 2 is 1.71 bits per heavy atom. The number of rotatable bonds is 9. The fourth-order valence-electron chi connectivity index (χ4n) is 3.89. The lowest BCUT2D eigenvalue weighted by molar-refractivity contribution is 0.0794. The van der Waals surface area contributed by atoms with E-state index >= 15 is 0 Å². The Balaban J connectivity index is 1.87. The van der Waals surface area contributed by atoms with Gasteiger partial charge < -0.3 is 36.2 Å². The van der Waals surface area contributed by atoms with Crippen molar-refractivity contribution in [3.63, 3.8) is 0 Å². The monoisotopic (exact) mass is 428 g/mol. The number of hydrogen-bond acceptors (Lipinski definition) is 9. The van der Waals surface area contributed by atoms with Crippen LogP contribution >= 0.6 is 0 Å². The molecule has 31 heavy (non-hydrogen) atoms. The van der Waals surface area contributed by atoms with Gasteiger partial charge in [-0.1, -0.05) is 0 Å². The minimum atomic E-state index is -1.05. The number of phenolic OH excluding ortho intramolecular Hbond substituents is 2. The second-order valence-electron chi connectivity index (χ2n) is 7.33. The summed E-state index contributed by atoms with van der Waals surface area (Å²) in [6.07, 6.45) is -1.05. The van der Waals surface area contributed by atoms with Gasteiger partial charge in [-0.3, -0.25) is 9.48 Å². The van der Waals surface area contributed by atoms with Crippen LogP contribution in [0.5, 0.6) is 11.5 Å². The minimum absolute atomic E-state index is 0.00655. The fraction of sp³-hybridized carbons (Fsp3) is 0.333. The molecule has 10 heteroatoms. The quantitative estimate of drug-likeness (QED) is 0.144. The summed E-state index contributed by atoms with van der Waals surface area (Å²) in [5.74, 6) is -0.900. The summed E-state index contributed by atoms with van der Waals surface area (Å²) in [5, 5.41) is 60.1. The average molecular weight is 428 g/mol. The molecule has 0 bridgehead atoms. The molecule has 2 aromatic carbocycles. The van der Waals surface area contributed by atoms with E-state index in [9.17, 15) is 25.2 Å². The summed E-state index contributed by atoms with van der Waals surface area (Å²) in [7, 11) is 0. The van der Waals surface area contributed by atoms with Crippen LogP contribution in [0.15, 0.2) is 24.3 Å². The predicted octanol–water partition coefficient (Wildman–Crippen LogP) is 0.00590. The van der Waals surface area contributed by atoms with Crippen LogP contribution in [0.2, 0.25) is 0 Å². The summed E-state index contributed by atoms with van der Waals surface area (Å²) in [6, 6.07) is 6.03. The van der Waals surface area contributed by atoms with Gasteiger partial charge in [0.25, 0.3) is 0 Å². The number of aliphatic hydroxyl groups is 3. The first-order chi connectivity index (χ1) is 15.0. The zero-order valence-electron chi connectivity index (χ0n) is 16.7. The molecule has 4 rings (SSSR count). The molecule has 0 aliphatic heterocycles. The molecule has 3 aromatic rings. The topological polar surface area (TPSA) is 160 Å². The first-order valence-corrected chi connectivity index (χ1v) is 9.95. The van der Waals surface area contributed by atoms with Gasteiger partial charge in [-0.05, 0) is 24.3 Å². The third-order valence-corrected chi connectivity index (χ3v) is 5.27. The number of nitrogens with one attached hydrogen (secondary N) is 2. The van der Waals surface area contributed by atoms with Gasteiger partial charge in [0.05, 0.1) is 48.1 Å². The molecule has 1 aromatic heterocycles. The molecule has 1 aliphatic carbocycles. The molecular weight excluding hydrogens is 404 g/mol. The van der Waals surface area contributed by atoms with Crippen LogP contribution in [0.25, 0.3) is 22.2 Å². The SMILES string of the molecule is O=C1c2c(O)ccc(O)c2-c2nn(CC(O)CO)c3ccc(NCCNCCO)c1c23. The Morgan fingerprint density at radius 3 is 2.42 bits per heavy atom. The molecule has 0 saturated heterocycles. The Morgan fingerprint density at radius 1 is 0.968 bits per heavy atom. The number of anilines is 1. The maximum Gasteiger partial charge on any atom is 0.200 e. The number of carbonyl (C=O) groups is 1. The zero-order chi connectivity index (χ0) is 22.1. The van der Waals surface area contributed by atoms with Crippen LogP contribution in [0, 0.1) is 0 Å². The lowest BCUT2D eigenvalue weighted by Crippen LogP contribution is -2.25. The average Bonchev–Trinajstić information content (AvgIpc) is 3.12. The second-order valence-corrected chi connectivity index (χ2v) is 7.33. The number of carbonyl (C=O) groups excluding carboxylic acids is 1. The third-order valence-electron chi connectivity index (χ3n) is 5.27. The van der Waals surface area contributed by atoms with E-state index < -0.39 is 18.5 Å². The van der Waals surface area contributed by atoms with E-state index in [1.807, 2.05) is 0 Å². The lowest BCUT2D eigenvalue weighted by atomic mass is 9.85. The van der Waals surface area contributed by atoms with Crippen molar-refractivity contribution in [1.29, 1.82) is 0 Å². The highest BCUT2D eigenvalue weighted by Gasteiger charge is 2.35. The van der Waals surface area contributed by atoms with E-state index in [2.05, 4.69) is 15.7 Å². The molecule has 1 unspecified atom stereocenters. The normalized spacial score (nSPS) is 13.5. The number of aromatic nitrogens is 2. The van der Waals surface area contributed by atoms with Crippen molar-refractivity contribution in [1.82, 2.24) is 15.1 Å². The largest absolute Gasteiger partial charge is 0.507 e. The van der Waals surface area contributed by atoms with E-state index in [0.717, 1.165) is 0 Å². The van der Waals surface area contributed by atoms with Crippen molar-refractivity contribution in [2.45, 2.75) is 12.6 Å². The molecule has 0 saturated carbocycles. The van der Waals surface area contributed by atoms with Gasteiger partial charge in [0.1, 0.15) is 17.2 Å². The molecule has 1 heterocycles. The summed E-state index contributed by atoms with van der Waals surface area (Å²) in [5.41, 5.74) is 1.84. The standard InChI is InChI=1S/C21H24N4O6/c26-8-7-22-5-6-23-12-1-2-13-17-16(12)21(31)19-15(30)4-3-14(29)18(19)20(17)24-25(13)9-11(28)10-27/h1-4,11,22-23,26-30H,5-10H2. The third kappa shape index (κ3) is 3.59. The van der Waals surface area contributed by atoms with Crippen LogP contribution < -0.4 is 10.6 Å². The van der Waals surface area contributed by atoms with Crippen molar-refractivity contribution in [3.05, 3.63) is 35.4 Å². The first-order valence-electron chi connectivity index (χ1n) is 9.95. The number of aromatic hydroxyl groups is 2. The summed E-state index contributed by atoms with van der Waals surface area (Å²) in [4.78, 5) is 13.4. The van der Waals surface area contributed by atoms with Crippen LogP contribution in [0.3, 0.4) is 0 Å². The van der Waals surface area contributed by atoms with E-state index in [1.54, 1.807) is 12.1 Å². The van der Waals surface area contributed by atoms with Crippen LogP contribution in [-0.2, 0) is 6.54 Å². The molecule has 1 atom stereocenters. The molecule has 0 spiro atoms. The lowest BCUT2D eigenvalue weighted by Gasteiger charge is -2.20. The van der Waals surface area contributed by atoms with Gasteiger partial charge in [-0.2, -0.15) is 5.10 Å². The molecule has 1 aliphatic rings. The van der Waals surface area contributed by atoms with Gasteiger partial charge in [0, 0.05) is 30.7 Å². The number of hydrogen-bond donors (Lipinski definition) is 7. The highest BCUT2D eigenvalue weighted by atomic mass is 16.3.